The summed E-state index contributed by atoms with van der Waals surface area (Å²) < 4.78 is 5.89. The zero-order chi connectivity index (χ0) is 11.4. The Bertz CT molecular complexity index is 528. The number of nitrogens with zero attached hydrogens (tertiary/aromatic N) is 1. The first-order chi connectivity index (χ1) is 7.63. The van der Waals surface area contributed by atoms with Gasteiger partial charge in [0.1, 0.15) is 20.4 Å². The molecule has 1 saturated heterocycles. The van der Waals surface area contributed by atoms with E-state index in [9.17, 15) is 4.79 Å². The average molecular weight is 279 g/mol. The number of carbonyl (C=O) groups is 1. The molecule has 1 aliphatic carbocycles. The molecular weight excluding hydrogens is 275 g/mol. The molecule has 2 unspecified atom stereocenters. The third-order valence-electron chi connectivity index (χ3n) is 2.61. The van der Waals surface area contributed by atoms with Crippen LogP contribution in [0.1, 0.15) is 17.2 Å². The second kappa shape index (κ2) is 3.26. The van der Waals surface area contributed by atoms with Crippen molar-refractivity contribution >= 4 is 46.3 Å². The predicted octanol–water partition coefficient (Wildman–Crippen LogP) is 2.40. The molecule has 0 spiro atoms. The normalized spacial score (nSPS) is 28.9. The van der Waals surface area contributed by atoms with Crippen LogP contribution in [0.15, 0.2) is 5.16 Å². The SMILES string of the molecule is O=C1NC2c3c(Cl)sc(Cl)c3C(=NO)C2O1. The fourth-order valence-corrected chi connectivity index (χ4v) is 3.82. The third-order valence-corrected chi connectivity index (χ3v) is 4.25. The molecule has 0 bridgehead atoms. The number of halogens is 2. The minimum absolute atomic E-state index is 0.242. The standard InChI is InChI=1S/C8H4Cl2N2O3S/c9-6-1-2(7(10)16-6)4(12-14)5-3(1)11-8(13)15-5/h3,5,14H,(H,11,13). The number of thiophene rings is 1. The molecule has 0 aromatic carbocycles. The maximum absolute atomic E-state index is 11.1. The van der Waals surface area contributed by atoms with Crippen molar-refractivity contribution in [3.63, 3.8) is 0 Å². The summed E-state index contributed by atoms with van der Waals surface area (Å²) >= 11 is 13.2. The Morgan fingerprint density at radius 2 is 2.19 bits per heavy atom. The van der Waals surface area contributed by atoms with Crippen molar-refractivity contribution in [3.05, 3.63) is 19.8 Å². The van der Waals surface area contributed by atoms with E-state index in [-0.39, 0.29) is 5.71 Å². The van der Waals surface area contributed by atoms with Crippen LogP contribution in [0.4, 0.5) is 4.79 Å². The fourth-order valence-electron chi connectivity index (χ4n) is 2.01. The molecule has 2 heterocycles. The Morgan fingerprint density at radius 1 is 1.44 bits per heavy atom. The van der Waals surface area contributed by atoms with E-state index in [1.165, 1.54) is 11.3 Å². The molecule has 1 fully saturated rings. The summed E-state index contributed by atoms with van der Waals surface area (Å²) in [6.07, 6.45) is -1.20. The highest BCUT2D eigenvalue weighted by Gasteiger charge is 2.50. The number of hydrogen-bond acceptors (Lipinski definition) is 5. The lowest BCUT2D eigenvalue weighted by Gasteiger charge is -2.06. The monoisotopic (exact) mass is 278 g/mol. The summed E-state index contributed by atoms with van der Waals surface area (Å²) in [6.45, 7) is 0. The van der Waals surface area contributed by atoms with Crippen molar-refractivity contribution in [1.29, 1.82) is 0 Å². The largest absolute Gasteiger partial charge is 0.437 e. The fraction of sp³-hybridized carbons (Fsp3) is 0.250. The number of ether oxygens (including phenoxy) is 1. The highest BCUT2D eigenvalue weighted by atomic mass is 35.5. The van der Waals surface area contributed by atoms with Crippen molar-refractivity contribution in [2.45, 2.75) is 12.1 Å². The topological polar surface area (TPSA) is 70.9 Å². The maximum Gasteiger partial charge on any atom is 0.408 e. The summed E-state index contributed by atoms with van der Waals surface area (Å²) in [5.74, 6) is 0. The van der Waals surface area contributed by atoms with Crippen LogP contribution < -0.4 is 5.32 Å². The molecule has 84 valence electrons. The molecule has 16 heavy (non-hydrogen) atoms. The second-order valence-electron chi connectivity index (χ2n) is 3.37. The lowest BCUT2D eigenvalue weighted by molar-refractivity contribution is 0.160. The second-order valence-corrected chi connectivity index (χ2v) is 5.60. The minimum Gasteiger partial charge on any atom is -0.437 e. The van der Waals surface area contributed by atoms with E-state index in [1.54, 1.807) is 0 Å². The van der Waals surface area contributed by atoms with Crippen LogP contribution >= 0.6 is 34.5 Å². The first-order valence-electron chi connectivity index (χ1n) is 4.30. The van der Waals surface area contributed by atoms with Gasteiger partial charge in [-0.05, 0) is 0 Å². The number of nitrogens with one attached hydrogen (secondary N) is 1. The first-order valence-corrected chi connectivity index (χ1v) is 5.88. The van der Waals surface area contributed by atoms with Gasteiger partial charge in [0.05, 0.1) is 0 Å². The maximum atomic E-state index is 11.1. The van der Waals surface area contributed by atoms with Gasteiger partial charge in [0.25, 0.3) is 0 Å². The molecule has 1 aliphatic heterocycles. The zero-order valence-electron chi connectivity index (χ0n) is 7.53. The van der Waals surface area contributed by atoms with E-state index < -0.39 is 18.2 Å². The molecule has 5 nitrogen and oxygen atoms in total. The third kappa shape index (κ3) is 1.12. The van der Waals surface area contributed by atoms with Crippen molar-refractivity contribution in [3.8, 4) is 0 Å². The summed E-state index contributed by atoms with van der Waals surface area (Å²) in [5.41, 5.74) is 1.47. The van der Waals surface area contributed by atoms with Crippen molar-refractivity contribution in [2.24, 2.45) is 5.16 Å². The Hall–Kier alpha value is -0.980. The predicted molar refractivity (Wildman–Crippen MR) is 58.8 cm³/mol. The quantitative estimate of drug-likeness (QED) is 0.566. The number of fused-ring (bicyclic) bond motifs is 3. The zero-order valence-corrected chi connectivity index (χ0v) is 9.86. The number of amides is 1. The van der Waals surface area contributed by atoms with E-state index in [2.05, 4.69) is 10.5 Å². The van der Waals surface area contributed by atoms with Crippen LogP contribution in [0.2, 0.25) is 8.67 Å². The van der Waals surface area contributed by atoms with Gasteiger partial charge in [-0.2, -0.15) is 0 Å². The average Bonchev–Trinajstić information content (AvgIpc) is 2.78. The first kappa shape index (κ1) is 10.2. The Balaban J connectivity index is 2.23. The molecule has 0 radical (unpaired) electrons. The molecule has 1 aromatic rings. The van der Waals surface area contributed by atoms with Crippen LogP contribution in [0.3, 0.4) is 0 Å². The summed E-state index contributed by atoms with van der Waals surface area (Å²) in [4.78, 5) is 11.1. The molecule has 1 aromatic heterocycles. The van der Waals surface area contributed by atoms with Gasteiger partial charge in [-0.15, -0.1) is 11.3 Å². The number of alkyl carbamates (subject to hydrolysis) is 1. The van der Waals surface area contributed by atoms with Gasteiger partial charge in [0.15, 0.2) is 6.10 Å². The van der Waals surface area contributed by atoms with Crippen LogP contribution in [-0.4, -0.2) is 23.1 Å². The van der Waals surface area contributed by atoms with Gasteiger partial charge < -0.3 is 15.3 Å². The van der Waals surface area contributed by atoms with Gasteiger partial charge in [-0.25, -0.2) is 4.79 Å². The van der Waals surface area contributed by atoms with E-state index in [0.29, 0.717) is 19.8 Å². The Kier molecular flexibility index (Phi) is 2.07. The summed E-state index contributed by atoms with van der Waals surface area (Å²) in [5, 5.41) is 14.7. The molecule has 2 atom stereocenters. The Morgan fingerprint density at radius 3 is 2.88 bits per heavy atom. The van der Waals surface area contributed by atoms with Gasteiger partial charge in [0.2, 0.25) is 0 Å². The van der Waals surface area contributed by atoms with Gasteiger partial charge >= 0.3 is 6.09 Å². The highest BCUT2D eigenvalue weighted by Crippen LogP contribution is 2.48. The van der Waals surface area contributed by atoms with Gasteiger partial charge in [-0.1, -0.05) is 28.4 Å². The smallest absolute Gasteiger partial charge is 0.408 e. The van der Waals surface area contributed by atoms with Crippen molar-refractivity contribution in [2.75, 3.05) is 0 Å². The lowest BCUT2D eigenvalue weighted by atomic mass is 10.2. The van der Waals surface area contributed by atoms with Crippen molar-refractivity contribution in [1.82, 2.24) is 5.32 Å². The summed E-state index contributed by atoms with van der Waals surface area (Å²) in [6, 6.07) is -0.412. The number of hydrogen-bond donors (Lipinski definition) is 2. The van der Waals surface area contributed by atoms with Gasteiger partial charge in [-0.3, -0.25) is 0 Å². The lowest BCUT2D eigenvalue weighted by Crippen LogP contribution is -2.21. The van der Waals surface area contributed by atoms with Crippen LogP contribution in [0.25, 0.3) is 0 Å². The molecule has 0 saturated carbocycles. The van der Waals surface area contributed by atoms with Gasteiger partial charge in [0, 0.05) is 11.1 Å². The summed E-state index contributed by atoms with van der Waals surface area (Å²) in [7, 11) is 0. The van der Waals surface area contributed by atoms with Crippen LogP contribution in [0.5, 0.6) is 0 Å². The molecule has 2 N–H and O–H groups in total. The van der Waals surface area contributed by atoms with E-state index in [0.717, 1.165) is 0 Å². The van der Waals surface area contributed by atoms with E-state index in [1.807, 2.05) is 0 Å². The number of rotatable bonds is 0. The molecule has 1 amide bonds. The molecule has 2 aliphatic rings. The molecular formula is C8H4Cl2N2O3S. The highest BCUT2D eigenvalue weighted by molar-refractivity contribution is 7.20. The minimum atomic E-state index is -0.647. The molecule has 3 rings (SSSR count). The van der Waals surface area contributed by atoms with E-state index >= 15 is 0 Å². The van der Waals surface area contributed by atoms with Crippen LogP contribution in [-0.2, 0) is 4.74 Å². The number of oxime groups is 1. The van der Waals surface area contributed by atoms with Crippen LogP contribution in [0, 0.1) is 0 Å². The van der Waals surface area contributed by atoms with Crippen molar-refractivity contribution < 1.29 is 14.7 Å². The number of carbonyl (C=O) groups excluding carboxylic acids is 1. The van der Waals surface area contributed by atoms with E-state index in [4.69, 9.17) is 33.1 Å². The Labute approximate surface area is 104 Å². The molecule has 8 heteroatoms.